The summed E-state index contributed by atoms with van der Waals surface area (Å²) in [4.78, 5) is 10.6. The minimum absolute atomic E-state index is 0.107. The SMILES string of the molecule is CCN(c1cc(C)nc(Nc2ccc(F)c(F)c2)n1)C1CCS(=O)(=O)C1. The fourth-order valence-corrected chi connectivity index (χ4v) is 4.82. The number of rotatable bonds is 5. The van der Waals surface area contributed by atoms with Gasteiger partial charge in [0.05, 0.1) is 11.5 Å². The van der Waals surface area contributed by atoms with Gasteiger partial charge in [-0.3, -0.25) is 0 Å². The average molecular weight is 382 g/mol. The number of aromatic nitrogens is 2. The molecule has 1 saturated heterocycles. The highest BCUT2D eigenvalue weighted by Crippen LogP contribution is 2.25. The Morgan fingerprint density at radius 2 is 2.00 bits per heavy atom. The maximum Gasteiger partial charge on any atom is 0.229 e. The third-order valence-corrected chi connectivity index (χ3v) is 6.05. The number of anilines is 3. The second kappa shape index (κ2) is 7.14. The number of hydrogen-bond acceptors (Lipinski definition) is 6. The van der Waals surface area contributed by atoms with Crippen LogP contribution in [-0.2, 0) is 9.84 Å². The summed E-state index contributed by atoms with van der Waals surface area (Å²) in [6.45, 7) is 4.33. The maximum atomic E-state index is 13.4. The van der Waals surface area contributed by atoms with Crippen LogP contribution >= 0.6 is 0 Å². The Kier molecular flexibility index (Phi) is 5.08. The summed E-state index contributed by atoms with van der Waals surface area (Å²) in [5.74, 6) is -0.763. The lowest BCUT2D eigenvalue weighted by atomic mass is 10.2. The zero-order valence-corrected chi connectivity index (χ0v) is 15.4. The van der Waals surface area contributed by atoms with Gasteiger partial charge in [-0.05, 0) is 32.4 Å². The molecular weight excluding hydrogens is 362 g/mol. The van der Waals surface area contributed by atoms with Crippen LogP contribution in [0.2, 0.25) is 0 Å². The van der Waals surface area contributed by atoms with Crippen molar-refractivity contribution < 1.29 is 17.2 Å². The molecule has 0 aliphatic carbocycles. The minimum Gasteiger partial charge on any atom is -0.353 e. The molecule has 0 spiro atoms. The maximum absolute atomic E-state index is 13.4. The molecule has 6 nitrogen and oxygen atoms in total. The lowest BCUT2D eigenvalue weighted by Crippen LogP contribution is -2.36. The fraction of sp³-hybridized carbons (Fsp3) is 0.412. The van der Waals surface area contributed by atoms with Crippen molar-refractivity contribution in [3.8, 4) is 0 Å². The van der Waals surface area contributed by atoms with Gasteiger partial charge in [0, 0.05) is 36.1 Å². The Labute approximate surface area is 151 Å². The first-order valence-corrected chi connectivity index (χ1v) is 10.1. The third kappa shape index (κ3) is 4.09. The van der Waals surface area contributed by atoms with Gasteiger partial charge in [-0.1, -0.05) is 0 Å². The largest absolute Gasteiger partial charge is 0.353 e. The van der Waals surface area contributed by atoms with Crippen molar-refractivity contribution in [3.63, 3.8) is 0 Å². The average Bonchev–Trinajstić information content (AvgIpc) is 2.91. The summed E-state index contributed by atoms with van der Waals surface area (Å²) in [6.07, 6.45) is 0.561. The van der Waals surface area contributed by atoms with Crippen molar-refractivity contribution in [1.82, 2.24) is 9.97 Å². The minimum atomic E-state index is -3.01. The summed E-state index contributed by atoms with van der Waals surface area (Å²) in [5, 5.41) is 2.87. The molecule has 2 heterocycles. The first kappa shape index (κ1) is 18.5. The van der Waals surface area contributed by atoms with Crippen LogP contribution in [-0.4, -0.2) is 42.5 Å². The molecule has 1 aliphatic rings. The number of nitrogens with one attached hydrogen (secondary N) is 1. The summed E-state index contributed by atoms with van der Waals surface area (Å²) in [5.41, 5.74) is 1.01. The summed E-state index contributed by atoms with van der Waals surface area (Å²) >= 11 is 0. The monoisotopic (exact) mass is 382 g/mol. The zero-order chi connectivity index (χ0) is 18.9. The van der Waals surface area contributed by atoms with Crippen LogP contribution in [0.5, 0.6) is 0 Å². The van der Waals surface area contributed by atoms with Crippen molar-refractivity contribution in [2.45, 2.75) is 26.3 Å². The van der Waals surface area contributed by atoms with E-state index in [4.69, 9.17) is 0 Å². The van der Waals surface area contributed by atoms with E-state index in [1.54, 1.807) is 13.0 Å². The van der Waals surface area contributed by atoms with Crippen molar-refractivity contribution in [1.29, 1.82) is 0 Å². The van der Waals surface area contributed by atoms with Gasteiger partial charge in [0.15, 0.2) is 21.5 Å². The van der Waals surface area contributed by atoms with E-state index in [0.717, 1.165) is 12.1 Å². The number of benzene rings is 1. The number of sulfone groups is 1. The number of halogens is 2. The molecular formula is C17H20F2N4O2S. The molecule has 9 heteroatoms. The van der Waals surface area contributed by atoms with Crippen molar-refractivity contribution in [2.24, 2.45) is 0 Å². The van der Waals surface area contributed by atoms with Gasteiger partial charge in [0.1, 0.15) is 5.82 Å². The van der Waals surface area contributed by atoms with Crippen LogP contribution in [0.3, 0.4) is 0 Å². The van der Waals surface area contributed by atoms with Gasteiger partial charge in [0.25, 0.3) is 0 Å². The first-order valence-electron chi connectivity index (χ1n) is 8.32. The van der Waals surface area contributed by atoms with Gasteiger partial charge < -0.3 is 10.2 Å². The van der Waals surface area contributed by atoms with Crippen molar-refractivity contribution >= 4 is 27.3 Å². The molecule has 2 aromatic rings. The predicted octanol–water partition coefficient (Wildman–Crippen LogP) is 2.82. The van der Waals surface area contributed by atoms with Gasteiger partial charge in [0.2, 0.25) is 5.95 Å². The van der Waals surface area contributed by atoms with E-state index in [9.17, 15) is 17.2 Å². The first-order chi connectivity index (χ1) is 12.3. The summed E-state index contributed by atoms with van der Waals surface area (Å²) in [6, 6.07) is 5.10. The van der Waals surface area contributed by atoms with Gasteiger partial charge in [-0.15, -0.1) is 0 Å². The molecule has 1 N–H and O–H groups in total. The number of aryl methyl sites for hydroxylation is 1. The van der Waals surface area contributed by atoms with Crippen molar-refractivity contribution in [3.05, 3.63) is 41.6 Å². The molecule has 0 radical (unpaired) electrons. The molecule has 0 amide bonds. The Morgan fingerprint density at radius 3 is 2.62 bits per heavy atom. The highest BCUT2D eigenvalue weighted by atomic mass is 32.2. The Hall–Kier alpha value is -2.29. The topological polar surface area (TPSA) is 75.2 Å². The second-order valence-corrected chi connectivity index (χ2v) is 8.52. The van der Waals surface area contributed by atoms with Gasteiger partial charge >= 0.3 is 0 Å². The van der Waals surface area contributed by atoms with Crippen molar-refractivity contribution in [2.75, 3.05) is 28.3 Å². The van der Waals surface area contributed by atoms with E-state index in [1.807, 2.05) is 11.8 Å². The van der Waals surface area contributed by atoms with E-state index >= 15 is 0 Å². The smallest absolute Gasteiger partial charge is 0.229 e. The van der Waals surface area contributed by atoms with Crippen LogP contribution in [0.4, 0.5) is 26.2 Å². The van der Waals surface area contributed by atoms with Gasteiger partial charge in [-0.25, -0.2) is 22.2 Å². The molecule has 0 bridgehead atoms. The quantitative estimate of drug-likeness (QED) is 0.857. The highest BCUT2D eigenvalue weighted by molar-refractivity contribution is 7.91. The summed E-state index contributed by atoms with van der Waals surface area (Å²) < 4.78 is 50.0. The second-order valence-electron chi connectivity index (χ2n) is 6.29. The third-order valence-electron chi connectivity index (χ3n) is 4.30. The number of nitrogens with zero attached hydrogens (tertiary/aromatic N) is 3. The predicted molar refractivity (Wildman–Crippen MR) is 96.5 cm³/mol. The molecule has 1 atom stereocenters. The molecule has 3 rings (SSSR count). The van der Waals surface area contributed by atoms with Crippen LogP contribution in [0.15, 0.2) is 24.3 Å². The van der Waals surface area contributed by atoms with Crippen LogP contribution in [0.1, 0.15) is 19.0 Å². The van der Waals surface area contributed by atoms with Gasteiger partial charge in [-0.2, -0.15) is 4.98 Å². The van der Waals surface area contributed by atoms with E-state index in [-0.39, 0.29) is 23.5 Å². The van der Waals surface area contributed by atoms with E-state index in [2.05, 4.69) is 15.3 Å². The lowest BCUT2D eigenvalue weighted by molar-refractivity contribution is 0.509. The Balaban J connectivity index is 1.87. The Bertz CT molecular complexity index is 921. The molecule has 140 valence electrons. The normalized spacial score (nSPS) is 18.7. The highest BCUT2D eigenvalue weighted by Gasteiger charge is 2.32. The standard InChI is InChI=1S/C17H20F2N4O2S/c1-3-23(13-6-7-26(24,25)10-13)16-8-11(2)20-17(22-16)21-12-4-5-14(18)15(19)9-12/h4-5,8-9,13H,3,6-7,10H2,1-2H3,(H,20,21,22). The van der Waals surface area contributed by atoms with E-state index in [0.29, 0.717) is 30.2 Å². The molecule has 1 fully saturated rings. The van der Waals surface area contributed by atoms with Crippen LogP contribution in [0.25, 0.3) is 0 Å². The van der Waals surface area contributed by atoms with E-state index in [1.165, 1.54) is 6.07 Å². The summed E-state index contributed by atoms with van der Waals surface area (Å²) in [7, 11) is -3.01. The fourth-order valence-electron chi connectivity index (χ4n) is 3.09. The molecule has 1 aromatic heterocycles. The molecule has 1 aromatic carbocycles. The Morgan fingerprint density at radius 1 is 1.23 bits per heavy atom. The molecule has 1 aliphatic heterocycles. The zero-order valence-electron chi connectivity index (χ0n) is 14.5. The van der Waals surface area contributed by atoms with Crippen LogP contribution in [0, 0.1) is 18.6 Å². The van der Waals surface area contributed by atoms with Crippen LogP contribution < -0.4 is 10.2 Å². The molecule has 1 unspecified atom stereocenters. The molecule has 26 heavy (non-hydrogen) atoms. The lowest BCUT2D eigenvalue weighted by Gasteiger charge is -2.28. The van der Waals surface area contributed by atoms with E-state index < -0.39 is 21.5 Å². The molecule has 0 saturated carbocycles. The number of hydrogen-bond donors (Lipinski definition) is 1.